The minimum Gasteiger partial charge on any atom is -0.377 e. The predicted molar refractivity (Wildman–Crippen MR) is 87.8 cm³/mol. The zero-order valence-electron chi connectivity index (χ0n) is 13.6. The molecule has 1 aromatic rings. The van der Waals surface area contributed by atoms with E-state index in [1.165, 1.54) is 5.69 Å². The second-order valence-corrected chi connectivity index (χ2v) is 5.84. The molecule has 1 fully saturated rings. The lowest BCUT2D eigenvalue weighted by Gasteiger charge is -2.24. The molecule has 0 radical (unpaired) electrons. The Bertz CT molecular complexity index is 407. The van der Waals surface area contributed by atoms with E-state index in [4.69, 9.17) is 4.74 Å². The van der Waals surface area contributed by atoms with E-state index in [1.807, 2.05) is 6.20 Å². The standard InChI is InChI=1S/C17H29N3O/c1-4-9-18-16(5-2)17-8-7-15(12-19-17)20-10-6-11-21-14(3)13-20/h7-8,12,14,16,18H,4-6,9-11,13H2,1-3H3. The minimum absolute atomic E-state index is 0.293. The van der Waals surface area contributed by atoms with Crippen molar-refractivity contribution < 1.29 is 4.74 Å². The Morgan fingerprint density at radius 2 is 2.29 bits per heavy atom. The van der Waals surface area contributed by atoms with E-state index in [2.05, 4.69) is 48.1 Å². The smallest absolute Gasteiger partial charge is 0.0721 e. The highest BCUT2D eigenvalue weighted by Crippen LogP contribution is 2.20. The number of aromatic nitrogens is 1. The maximum absolute atomic E-state index is 5.71. The summed E-state index contributed by atoms with van der Waals surface area (Å²) < 4.78 is 5.71. The van der Waals surface area contributed by atoms with Crippen molar-refractivity contribution in [1.29, 1.82) is 0 Å². The van der Waals surface area contributed by atoms with Gasteiger partial charge in [-0.25, -0.2) is 0 Å². The van der Waals surface area contributed by atoms with Gasteiger partial charge < -0.3 is 15.0 Å². The highest BCUT2D eigenvalue weighted by Gasteiger charge is 2.16. The van der Waals surface area contributed by atoms with Crippen LogP contribution in [0.5, 0.6) is 0 Å². The maximum Gasteiger partial charge on any atom is 0.0721 e. The molecule has 0 aromatic carbocycles. The van der Waals surface area contributed by atoms with Crippen LogP contribution < -0.4 is 10.2 Å². The van der Waals surface area contributed by atoms with Gasteiger partial charge in [0.05, 0.1) is 23.7 Å². The first-order chi connectivity index (χ1) is 10.2. The number of hydrogen-bond donors (Lipinski definition) is 1. The Morgan fingerprint density at radius 3 is 2.95 bits per heavy atom. The van der Waals surface area contributed by atoms with Crippen LogP contribution in [-0.4, -0.2) is 37.3 Å². The van der Waals surface area contributed by atoms with Gasteiger partial charge in [0.15, 0.2) is 0 Å². The quantitative estimate of drug-likeness (QED) is 0.873. The molecule has 1 saturated heterocycles. The van der Waals surface area contributed by atoms with Gasteiger partial charge in [-0.05, 0) is 44.9 Å². The monoisotopic (exact) mass is 291 g/mol. The SMILES string of the molecule is CCCNC(CC)c1ccc(N2CCCOC(C)C2)cn1. The van der Waals surface area contributed by atoms with Gasteiger partial charge in [-0.1, -0.05) is 13.8 Å². The van der Waals surface area contributed by atoms with Gasteiger partial charge in [-0.3, -0.25) is 4.98 Å². The molecule has 0 amide bonds. The second-order valence-electron chi connectivity index (χ2n) is 5.84. The van der Waals surface area contributed by atoms with Crippen molar-refractivity contribution in [2.75, 3.05) is 31.1 Å². The van der Waals surface area contributed by atoms with E-state index in [0.29, 0.717) is 12.1 Å². The summed E-state index contributed by atoms with van der Waals surface area (Å²) in [6.07, 6.45) is 5.62. The first kappa shape index (κ1) is 16.2. The summed E-state index contributed by atoms with van der Waals surface area (Å²) in [6.45, 7) is 10.4. The number of nitrogens with one attached hydrogen (secondary N) is 1. The first-order valence-corrected chi connectivity index (χ1v) is 8.30. The number of pyridine rings is 1. The maximum atomic E-state index is 5.71. The third-order valence-electron chi connectivity index (χ3n) is 3.99. The highest BCUT2D eigenvalue weighted by atomic mass is 16.5. The Hall–Kier alpha value is -1.13. The fourth-order valence-electron chi connectivity index (χ4n) is 2.80. The van der Waals surface area contributed by atoms with Gasteiger partial charge in [0.25, 0.3) is 0 Å². The summed E-state index contributed by atoms with van der Waals surface area (Å²) in [7, 11) is 0. The second kappa shape index (κ2) is 8.35. The molecule has 1 aliphatic heterocycles. The molecule has 118 valence electrons. The molecule has 1 N–H and O–H groups in total. The molecule has 1 aliphatic rings. The highest BCUT2D eigenvalue weighted by molar-refractivity contribution is 5.45. The number of hydrogen-bond acceptors (Lipinski definition) is 4. The summed E-state index contributed by atoms with van der Waals surface area (Å²) in [5.74, 6) is 0. The van der Waals surface area contributed by atoms with Gasteiger partial charge in [0.2, 0.25) is 0 Å². The van der Waals surface area contributed by atoms with Gasteiger partial charge in [-0.15, -0.1) is 0 Å². The molecule has 2 atom stereocenters. The normalized spacial score (nSPS) is 21.1. The summed E-state index contributed by atoms with van der Waals surface area (Å²) in [5, 5.41) is 3.56. The van der Waals surface area contributed by atoms with Crippen molar-refractivity contribution >= 4 is 5.69 Å². The van der Waals surface area contributed by atoms with Gasteiger partial charge in [-0.2, -0.15) is 0 Å². The molecule has 0 spiro atoms. The summed E-state index contributed by atoms with van der Waals surface area (Å²) >= 11 is 0. The largest absolute Gasteiger partial charge is 0.377 e. The molecule has 21 heavy (non-hydrogen) atoms. The lowest BCUT2D eigenvalue weighted by atomic mass is 10.1. The van der Waals surface area contributed by atoms with Crippen LogP contribution in [-0.2, 0) is 4.74 Å². The molecule has 0 aliphatic carbocycles. The molecular weight excluding hydrogens is 262 g/mol. The topological polar surface area (TPSA) is 37.4 Å². The van der Waals surface area contributed by atoms with Crippen LogP contribution >= 0.6 is 0 Å². The van der Waals surface area contributed by atoms with E-state index < -0.39 is 0 Å². The predicted octanol–water partition coefficient (Wildman–Crippen LogP) is 3.15. The van der Waals surface area contributed by atoms with Gasteiger partial charge in [0, 0.05) is 25.7 Å². The Labute approximate surface area is 128 Å². The van der Waals surface area contributed by atoms with Gasteiger partial charge >= 0.3 is 0 Å². The number of ether oxygens (including phenoxy) is 1. The van der Waals surface area contributed by atoms with E-state index in [0.717, 1.165) is 51.2 Å². The average molecular weight is 291 g/mol. The van der Waals surface area contributed by atoms with Crippen LogP contribution in [0.25, 0.3) is 0 Å². The number of nitrogens with zero attached hydrogens (tertiary/aromatic N) is 2. The molecule has 1 aromatic heterocycles. The molecular formula is C17H29N3O. The fourth-order valence-corrected chi connectivity index (χ4v) is 2.80. The van der Waals surface area contributed by atoms with E-state index in [9.17, 15) is 0 Å². The Kier molecular flexibility index (Phi) is 6.46. The van der Waals surface area contributed by atoms with E-state index >= 15 is 0 Å². The summed E-state index contributed by atoms with van der Waals surface area (Å²) in [6, 6.07) is 4.74. The van der Waals surface area contributed by atoms with Crippen molar-refractivity contribution in [3.63, 3.8) is 0 Å². The molecule has 0 saturated carbocycles. The lowest BCUT2D eigenvalue weighted by Crippen LogP contribution is -2.30. The number of anilines is 1. The zero-order chi connectivity index (χ0) is 15.1. The Balaban J connectivity index is 2.03. The summed E-state index contributed by atoms with van der Waals surface area (Å²) in [5.41, 5.74) is 2.36. The van der Waals surface area contributed by atoms with Crippen LogP contribution in [0.2, 0.25) is 0 Å². The number of rotatable bonds is 6. The van der Waals surface area contributed by atoms with E-state index in [1.54, 1.807) is 0 Å². The molecule has 2 unspecified atom stereocenters. The van der Waals surface area contributed by atoms with Gasteiger partial charge in [0.1, 0.15) is 0 Å². The molecule has 2 heterocycles. The van der Waals surface area contributed by atoms with Crippen LogP contribution in [0.4, 0.5) is 5.69 Å². The minimum atomic E-state index is 0.293. The third kappa shape index (κ3) is 4.68. The van der Waals surface area contributed by atoms with Crippen molar-refractivity contribution in [3.8, 4) is 0 Å². The van der Waals surface area contributed by atoms with Crippen molar-refractivity contribution in [1.82, 2.24) is 10.3 Å². The molecule has 4 heteroatoms. The molecule has 4 nitrogen and oxygen atoms in total. The third-order valence-corrected chi connectivity index (χ3v) is 3.99. The van der Waals surface area contributed by atoms with Crippen molar-refractivity contribution in [3.05, 3.63) is 24.0 Å². The fraction of sp³-hybridized carbons (Fsp3) is 0.706. The van der Waals surface area contributed by atoms with Crippen LogP contribution in [0.3, 0.4) is 0 Å². The van der Waals surface area contributed by atoms with Crippen LogP contribution in [0.15, 0.2) is 18.3 Å². The van der Waals surface area contributed by atoms with E-state index in [-0.39, 0.29) is 0 Å². The summed E-state index contributed by atoms with van der Waals surface area (Å²) in [4.78, 5) is 7.07. The van der Waals surface area contributed by atoms with Crippen molar-refractivity contribution in [2.45, 2.75) is 52.2 Å². The molecule has 2 rings (SSSR count). The lowest BCUT2D eigenvalue weighted by molar-refractivity contribution is 0.0821. The van der Waals surface area contributed by atoms with Crippen molar-refractivity contribution in [2.24, 2.45) is 0 Å². The Morgan fingerprint density at radius 1 is 1.43 bits per heavy atom. The zero-order valence-corrected chi connectivity index (χ0v) is 13.6. The molecule has 0 bridgehead atoms. The van der Waals surface area contributed by atoms with Crippen LogP contribution in [0.1, 0.15) is 51.8 Å². The average Bonchev–Trinajstić information content (AvgIpc) is 2.73. The van der Waals surface area contributed by atoms with Crippen LogP contribution in [0, 0.1) is 0 Å². The first-order valence-electron chi connectivity index (χ1n) is 8.30.